The first kappa shape index (κ1) is 11.6. The van der Waals surface area contributed by atoms with Crippen LogP contribution in [0.2, 0.25) is 0 Å². The first-order valence-electron chi connectivity index (χ1n) is 6.57. The molecule has 2 N–H and O–H groups in total. The van der Waals surface area contributed by atoms with Crippen molar-refractivity contribution in [3.8, 4) is 0 Å². The van der Waals surface area contributed by atoms with E-state index in [1.807, 2.05) is 6.20 Å². The Bertz CT molecular complexity index is 273. The van der Waals surface area contributed by atoms with Crippen LogP contribution in [0.1, 0.15) is 51.1 Å². The van der Waals surface area contributed by atoms with Crippen molar-refractivity contribution < 1.29 is 0 Å². The minimum absolute atomic E-state index is 0.626. The Morgan fingerprint density at radius 3 is 2.75 bits per heavy atom. The van der Waals surface area contributed by atoms with Gasteiger partial charge in [-0.3, -0.25) is 0 Å². The summed E-state index contributed by atoms with van der Waals surface area (Å²) < 4.78 is 0. The van der Waals surface area contributed by atoms with E-state index in [9.17, 15) is 0 Å². The van der Waals surface area contributed by atoms with E-state index in [0.717, 1.165) is 12.5 Å². The normalized spacial score (nSPS) is 20.6. The van der Waals surface area contributed by atoms with Gasteiger partial charge in [-0.15, -0.1) is 0 Å². The Hall–Kier alpha value is -0.830. The number of nitrogens with zero attached hydrogens (tertiary/aromatic N) is 1. The number of nitrogens with one attached hydrogen (secondary N) is 2. The van der Waals surface area contributed by atoms with Gasteiger partial charge in [0.15, 0.2) is 0 Å². The molecular formula is C13H23N3. The monoisotopic (exact) mass is 221 g/mol. The molecule has 1 fully saturated rings. The molecule has 1 aliphatic rings. The first-order valence-corrected chi connectivity index (χ1v) is 6.57. The van der Waals surface area contributed by atoms with E-state index < -0.39 is 0 Å². The highest BCUT2D eigenvalue weighted by Crippen LogP contribution is 2.25. The third-order valence-corrected chi connectivity index (χ3v) is 3.78. The SMILES string of the molecule is C[C@H](NCc1cnc[nH]1)C1CCCCCC1. The van der Waals surface area contributed by atoms with Crippen LogP contribution >= 0.6 is 0 Å². The molecule has 90 valence electrons. The molecule has 1 saturated carbocycles. The Balaban J connectivity index is 1.75. The number of hydrogen-bond donors (Lipinski definition) is 2. The molecule has 0 aromatic carbocycles. The maximum absolute atomic E-state index is 4.03. The van der Waals surface area contributed by atoms with Gasteiger partial charge in [0.1, 0.15) is 0 Å². The molecule has 0 spiro atoms. The molecular weight excluding hydrogens is 198 g/mol. The molecule has 0 bridgehead atoms. The van der Waals surface area contributed by atoms with Crippen LogP contribution in [-0.2, 0) is 6.54 Å². The van der Waals surface area contributed by atoms with Crippen LogP contribution in [0.25, 0.3) is 0 Å². The van der Waals surface area contributed by atoms with E-state index >= 15 is 0 Å². The highest BCUT2D eigenvalue weighted by atomic mass is 15.0. The average Bonchev–Trinajstić information content (AvgIpc) is 2.66. The summed E-state index contributed by atoms with van der Waals surface area (Å²) in [4.78, 5) is 7.17. The molecule has 0 aliphatic heterocycles. The lowest BCUT2D eigenvalue weighted by atomic mass is 9.93. The largest absolute Gasteiger partial charge is 0.347 e. The lowest BCUT2D eigenvalue weighted by molar-refractivity contribution is 0.336. The second kappa shape index (κ2) is 6.04. The molecule has 16 heavy (non-hydrogen) atoms. The number of H-pyrrole nitrogens is 1. The first-order chi connectivity index (χ1) is 7.86. The fourth-order valence-electron chi connectivity index (χ4n) is 2.63. The lowest BCUT2D eigenvalue weighted by Crippen LogP contribution is -2.33. The molecule has 0 unspecified atom stereocenters. The van der Waals surface area contributed by atoms with Crippen molar-refractivity contribution in [1.29, 1.82) is 0 Å². The zero-order valence-electron chi connectivity index (χ0n) is 10.2. The lowest BCUT2D eigenvalue weighted by Gasteiger charge is -2.23. The standard InChI is InChI=1S/C13H23N3/c1-11(12-6-4-2-3-5-7-12)15-9-13-8-14-10-16-13/h8,10-12,15H,2-7,9H2,1H3,(H,14,16)/t11-/m0/s1. The van der Waals surface area contributed by atoms with E-state index in [0.29, 0.717) is 6.04 Å². The van der Waals surface area contributed by atoms with Gasteiger partial charge >= 0.3 is 0 Å². The van der Waals surface area contributed by atoms with Gasteiger partial charge in [-0.2, -0.15) is 0 Å². The average molecular weight is 221 g/mol. The van der Waals surface area contributed by atoms with Crippen molar-refractivity contribution in [2.45, 2.75) is 58.0 Å². The van der Waals surface area contributed by atoms with E-state index in [2.05, 4.69) is 22.2 Å². The van der Waals surface area contributed by atoms with Gasteiger partial charge in [-0.1, -0.05) is 25.7 Å². The van der Waals surface area contributed by atoms with Crippen LogP contribution in [0.5, 0.6) is 0 Å². The highest BCUT2D eigenvalue weighted by molar-refractivity contribution is 4.94. The predicted octanol–water partition coefficient (Wildman–Crippen LogP) is 2.86. The Labute approximate surface area is 98.1 Å². The van der Waals surface area contributed by atoms with Crippen LogP contribution in [0.4, 0.5) is 0 Å². The van der Waals surface area contributed by atoms with Crippen molar-refractivity contribution in [2.24, 2.45) is 5.92 Å². The number of rotatable bonds is 4. The Morgan fingerprint density at radius 1 is 1.38 bits per heavy atom. The summed E-state index contributed by atoms with van der Waals surface area (Å²) in [7, 11) is 0. The van der Waals surface area contributed by atoms with E-state index in [1.54, 1.807) is 6.33 Å². The molecule has 1 aromatic rings. The highest BCUT2D eigenvalue weighted by Gasteiger charge is 2.18. The third-order valence-electron chi connectivity index (χ3n) is 3.78. The maximum atomic E-state index is 4.03. The zero-order valence-corrected chi connectivity index (χ0v) is 10.2. The van der Waals surface area contributed by atoms with E-state index in [-0.39, 0.29) is 0 Å². The van der Waals surface area contributed by atoms with E-state index in [1.165, 1.54) is 44.2 Å². The molecule has 3 nitrogen and oxygen atoms in total. The fourth-order valence-corrected chi connectivity index (χ4v) is 2.63. The predicted molar refractivity (Wildman–Crippen MR) is 66.1 cm³/mol. The summed E-state index contributed by atoms with van der Waals surface area (Å²) in [6.45, 7) is 3.24. The number of aromatic nitrogens is 2. The molecule has 1 aromatic heterocycles. The summed E-state index contributed by atoms with van der Waals surface area (Å²) in [6.07, 6.45) is 12.1. The molecule has 1 aliphatic carbocycles. The molecule has 1 atom stereocenters. The van der Waals surface area contributed by atoms with Crippen molar-refractivity contribution in [1.82, 2.24) is 15.3 Å². The van der Waals surface area contributed by atoms with Crippen LogP contribution in [0, 0.1) is 5.92 Å². The molecule has 3 heteroatoms. The third kappa shape index (κ3) is 3.34. The molecule has 1 heterocycles. The van der Waals surface area contributed by atoms with E-state index in [4.69, 9.17) is 0 Å². The summed E-state index contributed by atoms with van der Waals surface area (Å²) in [5, 5.41) is 3.61. The second-order valence-corrected chi connectivity index (χ2v) is 5.00. The minimum Gasteiger partial charge on any atom is -0.347 e. The van der Waals surface area contributed by atoms with Gasteiger partial charge in [-0.05, 0) is 25.7 Å². The van der Waals surface area contributed by atoms with Crippen LogP contribution in [0.15, 0.2) is 12.5 Å². The summed E-state index contributed by atoms with van der Waals surface area (Å²) in [5.74, 6) is 0.866. The van der Waals surface area contributed by atoms with Crippen molar-refractivity contribution in [3.63, 3.8) is 0 Å². The minimum atomic E-state index is 0.626. The van der Waals surface area contributed by atoms with Crippen LogP contribution in [-0.4, -0.2) is 16.0 Å². The van der Waals surface area contributed by atoms with Gasteiger partial charge in [-0.25, -0.2) is 4.98 Å². The van der Waals surface area contributed by atoms with Crippen LogP contribution in [0.3, 0.4) is 0 Å². The van der Waals surface area contributed by atoms with Gasteiger partial charge in [0.05, 0.1) is 6.33 Å². The fraction of sp³-hybridized carbons (Fsp3) is 0.769. The van der Waals surface area contributed by atoms with Gasteiger partial charge < -0.3 is 10.3 Å². The summed E-state index contributed by atoms with van der Waals surface area (Å²) >= 11 is 0. The second-order valence-electron chi connectivity index (χ2n) is 5.00. The maximum Gasteiger partial charge on any atom is 0.0922 e. The van der Waals surface area contributed by atoms with Gasteiger partial charge in [0, 0.05) is 24.5 Å². The quantitative estimate of drug-likeness (QED) is 0.768. The van der Waals surface area contributed by atoms with Crippen molar-refractivity contribution in [2.75, 3.05) is 0 Å². The van der Waals surface area contributed by atoms with Gasteiger partial charge in [0.25, 0.3) is 0 Å². The number of hydrogen-bond acceptors (Lipinski definition) is 2. The Morgan fingerprint density at radius 2 is 2.12 bits per heavy atom. The number of aromatic amines is 1. The molecule has 0 amide bonds. The van der Waals surface area contributed by atoms with Gasteiger partial charge in [0.2, 0.25) is 0 Å². The van der Waals surface area contributed by atoms with Crippen molar-refractivity contribution >= 4 is 0 Å². The molecule has 2 rings (SSSR count). The summed E-state index contributed by atoms with van der Waals surface area (Å²) in [5.41, 5.74) is 1.18. The van der Waals surface area contributed by atoms with Crippen LogP contribution < -0.4 is 5.32 Å². The number of imidazole rings is 1. The Kier molecular flexibility index (Phi) is 4.40. The smallest absolute Gasteiger partial charge is 0.0922 e. The molecule has 0 saturated heterocycles. The molecule has 0 radical (unpaired) electrons. The van der Waals surface area contributed by atoms with Crippen molar-refractivity contribution in [3.05, 3.63) is 18.2 Å². The topological polar surface area (TPSA) is 40.7 Å². The zero-order chi connectivity index (χ0) is 11.2. The summed E-state index contributed by atoms with van der Waals surface area (Å²) in [6, 6.07) is 0.626.